The van der Waals surface area contributed by atoms with Gasteiger partial charge >= 0.3 is 0 Å². The maximum atomic E-state index is 12.5. The topological polar surface area (TPSA) is 64.1 Å². The largest absolute Gasteiger partial charge is 0.467 e. The standard InChI is InChI=1S/C21H23N3O2S/c1-12(2)14-7-4-6-13(3)19(14)24-17(25)10-26-20-18-15-8-5-9-16(15)27-21(18)23-11-22-20/h4,6-7,11-12H,5,8-10H2,1-3H3,(H,24,25). The summed E-state index contributed by atoms with van der Waals surface area (Å²) in [6.45, 7) is 6.18. The van der Waals surface area contributed by atoms with E-state index in [9.17, 15) is 4.79 Å². The van der Waals surface area contributed by atoms with Gasteiger partial charge in [0.25, 0.3) is 5.91 Å². The van der Waals surface area contributed by atoms with Gasteiger partial charge in [-0.05, 0) is 48.8 Å². The molecule has 0 saturated heterocycles. The van der Waals surface area contributed by atoms with Gasteiger partial charge in [-0.1, -0.05) is 32.0 Å². The predicted octanol–water partition coefficient (Wildman–Crippen LogP) is 4.63. The van der Waals surface area contributed by atoms with E-state index in [1.165, 1.54) is 16.8 Å². The quantitative estimate of drug-likeness (QED) is 0.700. The Morgan fingerprint density at radius 2 is 2.15 bits per heavy atom. The Balaban J connectivity index is 1.52. The number of carbonyl (C=O) groups is 1. The summed E-state index contributed by atoms with van der Waals surface area (Å²) in [5, 5.41) is 4.01. The van der Waals surface area contributed by atoms with E-state index >= 15 is 0 Å². The molecule has 3 aromatic rings. The Bertz CT molecular complexity index is 1010. The van der Waals surface area contributed by atoms with Crippen molar-refractivity contribution in [2.75, 3.05) is 11.9 Å². The molecular formula is C21H23N3O2S. The highest BCUT2D eigenvalue weighted by Gasteiger charge is 2.22. The fraction of sp³-hybridized carbons (Fsp3) is 0.381. The monoisotopic (exact) mass is 381 g/mol. The second-order valence-electron chi connectivity index (χ2n) is 7.25. The number of hydrogen-bond acceptors (Lipinski definition) is 5. The van der Waals surface area contributed by atoms with Crippen molar-refractivity contribution in [2.24, 2.45) is 0 Å². The zero-order valence-corrected chi connectivity index (χ0v) is 16.7. The smallest absolute Gasteiger partial charge is 0.262 e. The Kier molecular flexibility index (Phi) is 4.83. The van der Waals surface area contributed by atoms with E-state index in [2.05, 4.69) is 35.2 Å². The number of benzene rings is 1. The molecule has 4 rings (SSSR count). The van der Waals surface area contributed by atoms with E-state index in [-0.39, 0.29) is 12.5 Å². The molecule has 0 saturated carbocycles. The summed E-state index contributed by atoms with van der Waals surface area (Å²) in [6, 6.07) is 6.08. The normalized spacial score (nSPS) is 13.2. The van der Waals surface area contributed by atoms with Crippen molar-refractivity contribution in [2.45, 2.75) is 46.0 Å². The number of rotatable bonds is 5. The van der Waals surface area contributed by atoms with E-state index in [1.54, 1.807) is 11.3 Å². The van der Waals surface area contributed by atoms with Gasteiger partial charge in [-0.15, -0.1) is 11.3 Å². The summed E-state index contributed by atoms with van der Waals surface area (Å²) in [6.07, 6.45) is 4.81. The van der Waals surface area contributed by atoms with Crippen LogP contribution >= 0.6 is 11.3 Å². The summed E-state index contributed by atoms with van der Waals surface area (Å²) in [5.74, 6) is 0.671. The molecule has 140 valence electrons. The highest BCUT2D eigenvalue weighted by atomic mass is 32.1. The van der Waals surface area contributed by atoms with Gasteiger partial charge in [-0.2, -0.15) is 0 Å². The molecule has 0 unspecified atom stereocenters. The van der Waals surface area contributed by atoms with E-state index in [0.29, 0.717) is 11.8 Å². The zero-order chi connectivity index (χ0) is 19.0. The number of amides is 1. The van der Waals surface area contributed by atoms with Gasteiger partial charge in [-0.25, -0.2) is 9.97 Å². The van der Waals surface area contributed by atoms with Gasteiger partial charge in [-0.3, -0.25) is 4.79 Å². The molecule has 1 aliphatic rings. The van der Waals surface area contributed by atoms with E-state index in [4.69, 9.17) is 4.74 Å². The van der Waals surface area contributed by atoms with Crippen LogP contribution in [0.4, 0.5) is 5.69 Å². The van der Waals surface area contributed by atoms with Crippen LogP contribution in [0.5, 0.6) is 5.88 Å². The molecule has 0 fully saturated rings. The minimum absolute atomic E-state index is 0.0669. The van der Waals surface area contributed by atoms with Crippen molar-refractivity contribution in [1.29, 1.82) is 0 Å². The third kappa shape index (κ3) is 3.41. The van der Waals surface area contributed by atoms with Crippen LogP contribution in [0.3, 0.4) is 0 Å². The minimum atomic E-state index is -0.176. The highest BCUT2D eigenvalue weighted by molar-refractivity contribution is 7.18. The molecule has 2 aromatic heterocycles. The van der Waals surface area contributed by atoms with Crippen molar-refractivity contribution in [3.63, 3.8) is 0 Å². The molecule has 2 heterocycles. The lowest BCUT2D eigenvalue weighted by molar-refractivity contribution is -0.118. The molecule has 1 aliphatic carbocycles. The molecule has 5 nitrogen and oxygen atoms in total. The number of anilines is 1. The number of ether oxygens (including phenoxy) is 1. The zero-order valence-electron chi connectivity index (χ0n) is 15.8. The molecule has 0 bridgehead atoms. The molecule has 0 spiro atoms. The number of aromatic nitrogens is 2. The summed E-state index contributed by atoms with van der Waals surface area (Å²) >= 11 is 1.71. The van der Waals surface area contributed by atoms with Crippen LogP contribution < -0.4 is 10.1 Å². The Labute approximate surface area is 162 Å². The Hall–Kier alpha value is -2.47. The summed E-state index contributed by atoms with van der Waals surface area (Å²) in [5.41, 5.74) is 4.36. The number of fused-ring (bicyclic) bond motifs is 3. The third-order valence-corrected chi connectivity index (χ3v) is 6.20. The molecule has 1 amide bonds. The van der Waals surface area contributed by atoms with Crippen LogP contribution in [0.15, 0.2) is 24.5 Å². The first-order chi connectivity index (χ1) is 13.0. The average molecular weight is 382 g/mol. The van der Waals surface area contributed by atoms with Gasteiger partial charge in [0.2, 0.25) is 5.88 Å². The van der Waals surface area contributed by atoms with E-state index in [1.807, 2.05) is 19.1 Å². The van der Waals surface area contributed by atoms with Crippen molar-refractivity contribution < 1.29 is 9.53 Å². The first kappa shape index (κ1) is 17.9. The Morgan fingerprint density at radius 1 is 1.30 bits per heavy atom. The van der Waals surface area contributed by atoms with Crippen LogP contribution in [-0.2, 0) is 17.6 Å². The number of nitrogens with zero attached hydrogens (tertiary/aromatic N) is 2. The second-order valence-corrected chi connectivity index (χ2v) is 8.33. The lowest BCUT2D eigenvalue weighted by Gasteiger charge is -2.16. The fourth-order valence-corrected chi connectivity index (χ4v) is 4.88. The summed E-state index contributed by atoms with van der Waals surface area (Å²) < 4.78 is 5.82. The molecular weight excluding hydrogens is 358 g/mol. The number of nitrogens with one attached hydrogen (secondary N) is 1. The van der Waals surface area contributed by atoms with Crippen LogP contribution in [0, 0.1) is 6.92 Å². The molecule has 0 radical (unpaired) electrons. The lowest BCUT2D eigenvalue weighted by atomic mass is 9.98. The van der Waals surface area contributed by atoms with Crippen LogP contribution in [-0.4, -0.2) is 22.5 Å². The van der Waals surface area contributed by atoms with Crippen molar-refractivity contribution in [1.82, 2.24) is 9.97 Å². The van der Waals surface area contributed by atoms with Gasteiger partial charge in [0.05, 0.1) is 5.39 Å². The molecule has 0 atom stereocenters. The van der Waals surface area contributed by atoms with E-state index in [0.717, 1.165) is 46.3 Å². The third-order valence-electron chi connectivity index (χ3n) is 5.00. The van der Waals surface area contributed by atoms with Crippen molar-refractivity contribution in [3.05, 3.63) is 46.1 Å². The van der Waals surface area contributed by atoms with Crippen LogP contribution in [0.2, 0.25) is 0 Å². The molecule has 27 heavy (non-hydrogen) atoms. The number of thiophene rings is 1. The summed E-state index contributed by atoms with van der Waals surface area (Å²) in [7, 11) is 0. The molecule has 1 N–H and O–H groups in total. The number of aryl methyl sites for hydroxylation is 3. The minimum Gasteiger partial charge on any atom is -0.467 e. The van der Waals surface area contributed by atoms with Crippen molar-refractivity contribution >= 4 is 33.1 Å². The fourth-order valence-electron chi connectivity index (χ4n) is 3.66. The average Bonchev–Trinajstić information content (AvgIpc) is 3.22. The molecule has 6 heteroatoms. The second kappa shape index (κ2) is 7.27. The van der Waals surface area contributed by atoms with Crippen molar-refractivity contribution in [3.8, 4) is 5.88 Å². The highest BCUT2D eigenvalue weighted by Crippen LogP contribution is 2.39. The number of hydrogen-bond donors (Lipinski definition) is 1. The maximum Gasteiger partial charge on any atom is 0.262 e. The van der Waals surface area contributed by atoms with Gasteiger partial charge in [0, 0.05) is 10.6 Å². The van der Waals surface area contributed by atoms with Gasteiger partial charge in [0.15, 0.2) is 6.61 Å². The van der Waals surface area contributed by atoms with Gasteiger partial charge in [0.1, 0.15) is 11.2 Å². The lowest BCUT2D eigenvalue weighted by Crippen LogP contribution is -2.22. The number of para-hydroxylation sites is 1. The van der Waals surface area contributed by atoms with Crippen LogP contribution in [0.1, 0.15) is 47.8 Å². The first-order valence-corrected chi connectivity index (χ1v) is 10.1. The van der Waals surface area contributed by atoms with Gasteiger partial charge < -0.3 is 10.1 Å². The number of carbonyl (C=O) groups excluding carboxylic acids is 1. The summed E-state index contributed by atoms with van der Waals surface area (Å²) in [4.78, 5) is 23.5. The van der Waals surface area contributed by atoms with E-state index < -0.39 is 0 Å². The molecule has 1 aromatic carbocycles. The molecule has 0 aliphatic heterocycles. The maximum absolute atomic E-state index is 12.5. The first-order valence-electron chi connectivity index (χ1n) is 9.32. The SMILES string of the molecule is Cc1cccc(C(C)C)c1NC(=O)COc1ncnc2sc3c(c12)CCC3. The Morgan fingerprint density at radius 3 is 2.96 bits per heavy atom. The predicted molar refractivity (Wildman–Crippen MR) is 109 cm³/mol. The van der Waals surface area contributed by atoms with Crippen LogP contribution in [0.25, 0.3) is 10.2 Å².